The number of methoxy groups -OCH3 is 3. The largest absolute Gasteiger partial charge is 0.493 e. The molecule has 1 unspecified atom stereocenters. The van der Waals surface area contributed by atoms with Crippen molar-refractivity contribution in [2.75, 3.05) is 21.3 Å². The number of nitrogens with one attached hydrogen (secondary N) is 1. The molecule has 0 spiro atoms. The average Bonchev–Trinajstić information content (AvgIpc) is 2.45. The van der Waals surface area contributed by atoms with Crippen molar-refractivity contribution in [3.05, 3.63) is 23.8 Å². The molecule has 0 saturated heterocycles. The molecule has 0 fully saturated rings. The minimum atomic E-state index is -0.324. The average molecular weight is 281 g/mol. The molecular weight excluding hydrogens is 258 g/mol. The van der Waals surface area contributed by atoms with Gasteiger partial charge in [-0.25, -0.2) is 0 Å². The topological polar surface area (TPSA) is 56.8 Å². The normalized spacial score (nSPS) is 13.4. The van der Waals surface area contributed by atoms with Crippen molar-refractivity contribution < 1.29 is 19.0 Å². The first-order valence-corrected chi connectivity index (χ1v) is 6.56. The summed E-state index contributed by atoms with van der Waals surface area (Å²) >= 11 is 0. The summed E-state index contributed by atoms with van der Waals surface area (Å²) in [5.74, 6) is 1.15. The van der Waals surface area contributed by atoms with Crippen LogP contribution in [-0.4, -0.2) is 39.4 Å². The fourth-order valence-corrected chi connectivity index (χ4v) is 2.09. The van der Waals surface area contributed by atoms with E-state index in [1.165, 1.54) is 7.11 Å². The van der Waals surface area contributed by atoms with Crippen LogP contribution < -0.4 is 14.8 Å². The van der Waals surface area contributed by atoms with Crippen molar-refractivity contribution >= 4 is 5.97 Å². The van der Waals surface area contributed by atoms with Crippen molar-refractivity contribution in [2.45, 2.75) is 32.4 Å². The van der Waals surface area contributed by atoms with Crippen molar-refractivity contribution in [3.63, 3.8) is 0 Å². The molecule has 5 nitrogen and oxygen atoms in total. The van der Waals surface area contributed by atoms with Gasteiger partial charge in [0.25, 0.3) is 0 Å². The molecule has 0 saturated carbocycles. The van der Waals surface area contributed by atoms with Crippen molar-refractivity contribution in [1.82, 2.24) is 5.32 Å². The van der Waals surface area contributed by atoms with Crippen LogP contribution in [-0.2, 0) is 16.0 Å². The van der Waals surface area contributed by atoms with Crippen LogP contribution >= 0.6 is 0 Å². The molecule has 112 valence electrons. The summed E-state index contributed by atoms with van der Waals surface area (Å²) in [5.41, 5.74) is 1.11. The van der Waals surface area contributed by atoms with Crippen LogP contribution in [0, 0.1) is 0 Å². The lowest BCUT2D eigenvalue weighted by atomic mass is 10.1. The van der Waals surface area contributed by atoms with Gasteiger partial charge in [-0.1, -0.05) is 6.07 Å². The van der Waals surface area contributed by atoms with E-state index in [0.29, 0.717) is 11.5 Å². The van der Waals surface area contributed by atoms with Gasteiger partial charge in [-0.3, -0.25) is 4.79 Å². The van der Waals surface area contributed by atoms with Crippen molar-refractivity contribution in [1.29, 1.82) is 0 Å². The summed E-state index contributed by atoms with van der Waals surface area (Å²) in [5, 5.41) is 3.20. The standard InChI is InChI=1S/C15H23NO4/c1-10(16-11(2)15(17)20-5)8-12-6-7-13(18-3)14(9-12)19-4/h6-7,9-11,16H,8H2,1-5H3/t10?,11-/m0/s1. The van der Waals surface area contributed by atoms with Gasteiger partial charge in [0, 0.05) is 6.04 Å². The highest BCUT2D eigenvalue weighted by Crippen LogP contribution is 2.27. The Morgan fingerprint density at radius 1 is 1.15 bits per heavy atom. The Labute approximate surface area is 120 Å². The van der Waals surface area contributed by atoms with Gasteiger partial charge in [0.2, 0.25) is 0 Å². The summed E-state index contributed by atoms with van der Waals surface area (Å²) in [6.07, 6.45) is 0.779. The second kappa shape index (κ2) is 7.75. The minimum Gasteiger partial charge on any atom is -0.493 e. The van der Waals surface area contributed by atoms with Crippen LogP contribution in [0.1, 0.15) is 19.4 Å². The lowest BCUT2D eigenvalue weighted by molar-refractivity contribution is -0.142. The molecule has 0 aliphatic rings. The molecule has 5 heteroatoms. The molecule has 0 bridgehead atoms. The fourth-order valence-electron chi connectivity index (χ4n) is 2.09. The number of hydrogen-bond acceptors (Lipinski definition) is 5. The maximum atomic E-state index is 11.4. The van der Waals surface area contributed by atoms with Crippen LogP contribution in [0.4, 0.5) is 0 Å². The van der Waals surface area contributed by atoms with E-state index in [0.717, 1.165) is 12.0 Å². The van der Waals surface area contributed by atoms with E-state index >= 15 is 0 Å². The Bertz CT molecular complexity index is 447. The SMILES string of the molecule is COC(=O)[C@H](C)NC(C)Cc1ccc(OC)c(OC)c1. The Balaban J connectivity index is 2.66. The molecule has 0 heterocycles. The Hall–Kier alpha value is -1.75. The van der Waals surface area contributed by atoms with E-state index < -0.39 is 0 Å². The van der Waals surface area contributed by atoms with Gasteiger partial charge >= 0.3 is 5.97 Å². The molecule has 0 aliphatic heterocycles. The van der Waals surface area contributed by atoms with E-state index in [4.69, 9.17) is 14.2 Å². The number of hydrogen-bond donors (Lipinski definition) is 1. The summed E-state index contributed by atoms with van der Waals surface area (Å²) < 4.78 is 15.2. The predicted molar refractivity (Wildman–Crippen MR) is 77.3 cm³/mol. The first kappa shape index (κ1) is 16.3. The highest BCUT2D eigenvalue weighted by molar-refractivity contribution is 5.75. The quantitative estimate of drug-likeness (QED) is 0.772. The summed E-state index contributed by atoms with van der Waals surface area (Å²) in [4.78, 5) is 11.4. The van der Waals surface area contributed by atoms with Gasteiger partial charge in [0.05, 0.1) is 21.3 Å². The zero-order valence-electron chi connectivity index (χ0n) is 12.7. The minimum absolute atomic E-state index is 0.141. The second-order valence-corrected chi connectivity index (χ2v) is 4.71. The molecule has 20 heavy (non-hydrogen) atoms. The Morgan fingerprint density at radius 2 is 1.80 bits per heavy atom. The zero-order chi connectivity index (χ0) is 15.1. The highest BCUT2D eigenvalue weighted by Gasteiger charge is 2.16. The molecular formula is C15H23NO4. The van der Waals surface area contributed by atoms with E-state index in [1.807, 2.05) is 25.1 Å². The van der Waals surface area contributed by atoms with Gasteiger partial charge in [0.15, 0.2) is 11.5 Å². The Morgan fingerprint density at radius 3 is 2.35 bits per heavy atom. The zero-order valence-corrected chi connectivity index (χ0v) is 12.7. The third kappa shape index (κ3) is 4.42. The molecule has 1 N–H and O–H groups in total. The summed E-state index contributed by atoms with van der Waals surface area (Å²) in [7, 11) is 4.61. The summed E-state index contributed by atoms with van der Waals surface area (Å²) in [6, 6.07) is 5.63. The van der Waals surface area contributed by atoms with E-state index in [2.05, 4.69) is 5.32 Å². The number of ether oxygens (including phenoxy) is 3. The molecule has 1 aromatic carbocycles. The third-order valence-corrected chi connectivity index (χ3v) is 3.08. The second-order valence-electron chi connectivity index (χ2n) is 4.71. The van der Waals surface area contributed by atoms with E-state index in [9.17, 15) is 4.79 Å². The number of carbonyl (C=O) groups excluding carboxylic acids is 1. The van der Waals surface area contributed by atoms with Crippen molar-refractivity contribution in [3.8, 4) is 11.5 Å². The molecule has 0 radical (unpaired) electrons. The summed E-state index contributed by atoms with van der Waals surface area (Å²) in [6.45, 7) is 3.81. The van der Waals surface area contributed by atoms with E-state index in [1.54, 1.807) is 21.1 Å². The van der Waals surface area contributed by atoms with Crippen LogP contribution in [0.3, 0.4) is 0 Å². The van der Waals surface area contributed by atoms with Crippen LogP contribution in [0.2, 0.25) is 0 Å². The number of carbonyl (C=O) groups is 1. The fraction of sp³-hybridized carbons (Fsp3) is 0.533. The lowest BCUT2D eigenvalue weighted by Crippen LogP contribution is -2.41. The van der Waals surface area contributed by atoms with Crippen LogP contribution in [0.25, 0.3) is 0 Å². The van der Waals surface area contributed by atoms with Gasteiger partial charge in [-0.15, -0.1) is 0 Å². The Kier molecular flexibility index (Phi) is 6.31. The molecule has 0 amide bonds. The molecule has 1 rings (SSSR count). The monoisotopic (exact) mass is 281 g/mol. The highest BCUT2D eigenvalue weighted by atomic mass is 16.5. The smallest absolute Gasteiger partial charge is 0.322 e. The van der Waals surface area contributed by atoms with Crippen molar-refractivity contribution in [2.24, 2.45) is 0 Å². The van der Waals surface area contributed by atoms with Gasteiger partial charge in [-0.05, 0) is 38.0 Å². The number of benzene rings is 1. The van der Waals surface area contributed by atoms with Gasteiger partial charge < -0.3 is 19.5 Å². The predicted octanol–water partition coefficient (Wildman–Crippen LogP) is 1.79. The first-order chi connectivity index (χ1) is 9.51. The third-order valence-electron chi connectivity index (χ3n) is 3.08. The van der Waals surface area contributed by atoms with Gasteiger partial charge in [-0.2, -0.15) is 0 Å². The lowest BCUT2D eigenvalue weighted by Gasteiger charge is -2.19. The van der Waals surface area contributed by atoms with Gasteiger partial charge in [0.1, 0.15) is 6.04 Å². The van der Waals surface area contributed by atoms with Crippen LogP contribution in [0.5, 0.6) is 11.5 Å². The molecule has 2 atom stereocenters. The first-order valence-electron chi connectivity index (χ1n) is 6.56. The molecule has 0 aromatic heterocycles. The molecule has 1 aromatic rings. The molecule has 0 aliphatic carbocycles. The van der Waals surface area contributed by atoms with Crippen LogP contribution in [0.15, 0.2) is 18.2 Å². The van der Waals surface area contributed by atoms with E-state index in [-0.39, 0.29) is 18.1 Å². The number of rotatable bonds is 7. The maximum Gasteiger partial charge on any atom is 0.322 e. The maximum absolute atomic E-state index is 11.4. The number of esters is 1.